The molecule has 0 saturated heterocycles. The Morgan fingerprint density at radius 3 is 3.14 bits per heavy atom. The lowest BCUT2D eigenvalue weighted by Crippen LogP contribution is -2.12. The van der Waals surface area contributed by atoms with E-state index in [9.17, 15) is 4.79 Å². The molecule has 3 rings (SSSR count). The minimum absolute atomic E-state index is 0.143. The summed E-state index contributed by atoms with van der Waals surface area (Å²) in [7, 11) is 1.43. The topological polar surface area (TPSA) is 111 Å². The van der Waals surface area contributed by atoms with Gasteiger partial charge in [0.25, 0.3) is 5.91 Å². The van der Waals surface area contributed by atoms with Crippen molar-refractivity contribution in [3.8, 4) is 6.01 Å². The number of rotatable bonds is 5. The van der Waals surface area contributed by atoms with Crippen molar-refractivity contribution in [2.75, 3.05) is 12.4 Å². The molecule has 3 aromatic rings. The number of H-pyrrole nitrogens is 1. The second-order valence-electron chi connectivity index (χ2n) is 4.09. The number of furan rings is 1. The van der Waals surface area contributed by atoms with E-state index in [4.69, 9.17) is 9.15 Å². The average molecular weight is 288 g/mol. The van der Waals surface area contributed by atoms with Crippen LogP contribution in [-0.4, -0.2) is 38.0 Å². The lowest BCUT2D eigenvalue weighted by atomic mass is 10.4. The fraction of sp³-hybridized carbons (Fsp3) is 0.167. The highest BCUT2D eigenvalue weighted by atomic mass is 16.5. The first-order valence-electron chi connectivity index (χ1n) is 6.08. The molecule has 0 aromatic carbocycles. The SMILES string of the molecule is COc1n[nH]c(NC(=O)c2ccc(Cn3cccn3)o2)n1. The van der Waals surface area contributed by atoms with Gasteiger partial charge in [-0.2, -0.15) is 10.1 Å². The maximum absolute atomic E-state index is 12.0. The van der Waals surface area contributed by atoms with Crippen molar-refractivity contribution in [3.05, 3.63) is 42.1 Å². The summed E-state index contributed by atoms with van der Waals surface area (Å²) in [5.41, 5.74) is 0. The molecule has 9 nitrogen and oxygen atoms in total. The molecule has 0 bridgehead atoms. The Bertz CT molecular complexity index is 730. The van der Waals surface area contributed by atoms with E-state index in [-0.39, 0.29) is 17.7 Å². The molecule has 0 atom stereocenters. The number of ether oxygens (including phenoxy) is 1. The molecule has 2 N–H and O–H groups in total. The van der Waals surface area contributed by atoms with Crippen LogP contribution in [0, 0.1) is 0 Å². The summed E-state index contributed by atoms with van der Waals surface area (Å²) in [6.07, 6.45) is 3.48. The van der Waals surface area contributed by atoms with Crippen LogP contribution in [-0.2, 0) is 6.54 Å². The third-order valence-electron chi connectivity index (χ3n) is 2.64. The van der Waals surface area contributed by atoms with Gasteiger partial charge in [-0.25, -0.2) is 5.10 Å². The first-order valence-corrected chi connectivity index (χ1v) is 6.08. The molecule has 0 unspecified atom stereocenters. The molecule has 0 aliphatic rings. The number of methoxy groups -OCH3 is 1. The van der Waals surface area contributed by atoms with Crippen LogP contribution in [0.5, 0.6) is 6.01 Å². The Morgan fingerprint density at radius 1 is 1.52 bits per heavy atom. The number of nitrogens with zero attached hydrogens (tertiary/aromatic N) is 4. The molecule has 9 heteroatoms. The molecule has 108 valence electrons. The molecule has 21 heavy (non-hydrogen) atoms. The second-order valence-corrected chi connectivity index (χ2v) is 4.09. The lowest BCUT2D eigenvalue weighted by molar-refractivity contribution is 0.0994. The summed E-state index contributed by atoms with van der Waals surface area (Å²) in [5.74, 6) is 0.550. The summed E-state index contributed by atoms with van der Waals surface area (Å²) in [4.78, 5) is 15.9. The first kappa shape index (κ1) is 12.9. The van der Waals surface area contributed by atoms with Crippen molar-refractivity contribution in [1.82, 2.24) is 25.0 Å². The van der Waals surface area contributed by atoms with Gasteiger partial charge in [-0.05, 0) is 18.2 Å². The van der Waals surface area contributed by atoms with Gasteiger partial charge < -0.3 is 9.15 Å². The molecule has 3 heterocycles. The Balaban J connectivity index is 1.66. The minimum Gasteiger partial charge on any atom is -0.466 e. The van der Waals surface area contributed by atoms with Crippen molar-refractivity contribution in [1.29, 1.82) is 0 Å². The molecular formula is C12H12N6O3. The fourth-order valence-corrected chi connectivity index (χ4v) is 1.70. The third kappa shape index (κ3) is 2.91. The van der Waals surface area contributed by atoms with Gasteiger partial charge in [0.1, 0.15) is 5.76 Å². The minimum atomic E-state index is -0.430. The highest BCUT2D eigenvalue weighted by Crippen LogP contribution is 2.12. The molecule has 0 spiro atoms. The Hall–Kier alpha value is -3.10. The van der Waals surface area contributed by atoms with Crippen LogP contribution in [0.2, 0.25) is 0 Å². The van der Waals surface area contributed by atoms with E-state index >= 15 is 0 Å². The zero-order valence-corrected chi connectivity index (χ0v) is 11.1. The zero-order valence-electron chi connectivity index (χ0n) is 11.1. The summed E-state index contributed by atoms with van der Waals surface area (Å²) >= 11 is 0. The molecule has 0 aliphatic carbocycles. The number of hydrogen-bond donors (Lipinski definition) is 2. The monoisotopic (exact) mass is 288 g/mol. The van der Waals surface area contributed by atoms with E-state index < -0.39 is 5.91 Å². The smallest absolute Gasteiger partial charge is 0.336 e. The first-order chi connectivity index (χ1) is 10.2. The van der Waals surface area contributed by atoms with Crippen molar-refractivity contribution in [3.63, 3.8) is 0 Å². The Labute approximate surface area is 118 Å². The van der Waals surface area contributed by atoms with E-state index in [2.05, 4.69) is 25.6 Å². The van der Waals surface area contributed by atoms with E-state index in [1.165, 1.54) is 7.11 Å². The van der Waals surface area contributed by atoms with Crippen LogP contribution in [0.4, 0.5) is 5.95 Å². The zero-order chi connectivity index (χ0) is 14.7. The number of anilines is 1. The van der Waals surface area contributed by atoms with Crippen molar-refractivity contribution < 1.29 is 13.9 Å². The number of hydrogen-bond acceptors (Lipinski definition) is 6. The van der Waals surface area contributed by atoms with Gasteiger partial charge >= 0.3 is 6.01 Å². The van der Waals surface area contributed by atoms with E-state index in [1.807, 2.05) is 12.3 Å². The van der Waals surface area contributed by atoms with Crippen LogP contribution in [0.15, 0.2) is 35.0 Å². The van der Waals surface area contributed by atoms with Gasteiger partial charge in [0.15, 0.2) is 5.76 Å². The normalized spacial score (nSPS) is 10.5. The quantitative estimate of drug-likeness (QED) is 0.721. The molecule has 0 radical (unpaired) electrons. The second kappa shape index (κ2) is 5.49. The van der Waals surface area contributed by atoms with Crippen LogP contribution in [0.1, 0.15) is 16.3 Å². The van der Waals surface area contributed by atoms with Gasteiger partial charge in [-0.15, -0.1) is 5.10 Å². The number of nitrogens with one attached hydrogen (secondary N) is 2. The number of carbonyl (C=O) groups is 1. The highest BCUT2D eigenvalue weighted by molar-refractivity contribution is 6.01. The van der Waals surface area contributed by atoms with E-state index in [0.717, 1.165) is 0 Å². The van der Waals surface area contributed by atoms with Crippen molar-refractivity contribution in [2.45, 2.75) is 6.54 Å². The summed E-state index contributed by atoms with van der Waals surface area (Å²) in [6.45, 7) is 0.455. The molecule has 3 aromatic heterocycles. The van der Waals surface area contributed by atoms with Gasteiger partial charge in [-0.3, -0.25) is 14.8 Å². The molecule has 1 amide bonds. The van der Waals surface area contributed by atoms with Crippen LogP contribution >= 0.6 is 0 Å². The Kier molecular flexibility index (Phi) is 3.37. The number of carbonyl (C=O) groups excluding carboxylic acids is 1. The summed E-state index contributed by atoms with van der Waals surface area (Å²) in [6, 6.07) is 5.26. The van der Waals surface area contributed by atoms with Crippen molar-refractivity contribution >= 4 is 11.9 Å². The summed E-state index contributed by atoms with van der Waals surface area (Å²) in [5, 5.41) is 12.8. The molecule has 0 fully saturated rings. The molecular weight excluding hydrogens is 276 g/mol. The largest absolute Gasteiger partial charge is 0.466 e. The maximum atomic E-state index is 12.0. The van der Waals surface area contributed by atoms with Gasteiger partial charge in [0, 0.05) is 12.4 Å². The predicted molar refractivity (Wildman–Crippen MR) is 70.9 cm³/mol. The van der Waals surface area contributed by atoms with Gasteiger partial charge in [0.05, 0.1) is 13.7 Å². The number of aromatic nitrogens is 5. The van der Waals surface area contributed by atoms with Gasteiger partial charge in [0.2, 0.25) is 5.95 Å². The molecule has 0 aliphatic heterocycles. The summed E-state index contributed by atoms with van der Waals surface area (Å²) < 4.78 is 12.0. The van der Waals surface area contributed by atoms with E-state index in [0.29, 0.717) is 12.3 Å². The standard InChI is InChI=1S/C12H12N6O3/c1-20-12-15-11(16-17-12)14-10(19)9-4-3-8(21-9)7-18-6-2-5-13-18/h2-6H,7H2,1H3,(H2,14,15,16,17,19). The average Bonchev–Trinajstić information content (AvgIpc) is 3.20. The number of aromatic amines is 1. The van der Waals surface area contributed by atoms with Crippen molar-refractivity contribution in [2.24, 2.45) is 0 Å². The highest BCUT2D eigenvalue weighted by Gasteiger charge is 2.14. The predicted octanol–water partition coefficient (Wildman–Crippen LogP) is 0.903. The van der Waals surface area contributed by atoms with Gasteiger partial charge in [-0.1, -0.05) is 0 Å². The Morgan fingerprint density at radius 2 is 2.43 bits per heavy atom. The van der Waals surface area contributed by atoms with Crippen LogP contribution in [0.3, 0.4) is 0 Å². The lowest BCUT2D eigenvalue weighted by Gasteiger charge is -1.99. The van der Waals surface area contributed by atoms with Crippen LogP contribution < -0.4 is 10.1 Å². The molecule has 0 saturated carbocycles. The van der Waals surface area contributed by atoms with Crippen LogP contribution in [0.25, 0.3) is 0 Å². The number of amides is 1. The maximum Gasteiger partial charge on any atom is 0.336 e. The third-order valence-corrected chi connectivity index (χ3v) is 2.64. The van der Waals surface area contributed by atoms with E-state index in [1.54, 1.807) is 23.0 Å². The fourth-order valence-electron chi connectivity index (χ4n) is 1.70.